The van der Waals surface area contributed by atoms with E-state index in [1.54, 1.807) is 6.07 Å². The Morgan fingerprint density at radius 2 is 2.18 bits per heavy atom. The number of aliphatic hydroxyl groups excluding tert-OH is 1. The monoisotopic (exact) mass is 239 g/mol. The predicted molar refractivity (Wildman–Crippen MR) is 64.0 cm³/mol. The van der Waals surface area contributed by atoms with E-state index in [1.807, 2.05) is 0 Å². The first kappa shape index (κ1) is 13.4. The summed E-state index contributed by atoms with van der Waals surface area (Å²) in [5.74, 6) is 0.749. The van der Waals surface area contributed by atoms with Crippen molar-refractivity contribution < 1.29 is 14.8 Å². The Morgan fingerprint density at radius 3 is 2.71 bits per heavy atom. The lowest BCUT2D eigenvalue weighted by Gasteiger charge is -2.09. The zero-order chi connectivity index (χ0) is 12.8. The lowest BCUT2D eigenvalue weighted by atomic mass is 10.1. The van der Waals surface area contributed by atoms with Crippen LogP contribution in [0.15, 0.2) is 18.2 Å². The second kappa shape index (κ2) is 6.20. The number of nitro benzene ring substituents is 1. The molecule has 0 atom stereocenters. The fraction of sp³-hybridized carbons (Fsp3) is 0.500. The molecule has 0 amide bonds. The first-order chi connectivity index (χ1) is 8.04. The molecule has 0 bridgehead atoms. The molecule has 0 unspecified atom stereocenters. The molecule has 17 heavy (non-hydrogen) atoms. The molecule has 5 heteroatoms. The average Bonchev–Trinajstić information content (AvgIpc) is 2.28. The smallest absolute Gasteiger partial charge is 0.311 e. The van der Waals surface area contributed by atoms with Gasteiger partial charge in [-0.25, -0.2) is 0 Å². The molecule has 0 heterocycles. The lowest BCUT2D eigenvalue weighted by molar-refractivity contribution is -0.386. The van der Waals surface area contributed by atoms with Crippen LogP contribution in [0.1, 0.15) is 25.8 Å². The summed E-state index contributed by atoms with van der Waals surface area (Å²) in [7, 11) is 0. The maximum Gasteiger partial charge on any atom is 0.311 e. The van der Waals surface area contributed by atoms with Gasteiger partial charge in [-0.05, 0) is 24.0 Å². The van der Waals surface area contributed by atoms with Gasteiger partial charge in [0.25, 0.3) is 0 Å². The molecule has 1 rings (SSSR count). The first-order valence-electron chi connectivity index (χ1n) is 5.55. The van der Waals surface area contributed by atoms with E-state index < -0.39 is 4.92 Å². The van der Waals surface area contributed by atoms with E-state index in [0.29, 0.717) is 18.1 Å². The van der Waals surface area contributed by atoms with Gasteiger partial charge in [-0.3, -0.25) is 10.1 Å². The molecule has 5 nitrogen and oxygen atoms in total. The van der Waals surface area contributed by atoms with E-state index in [-0.39, 0.29) is 18.0 Å². The maximum absolute atomic E-state index is 10.8. The van der Waals surface area contributed by atoms with Crippen molar-refractivity contribution in [3.05, 3.63) is 33.9 Å². The number of rotatable bonds is 6. The van der Waals surface area contributed by atoms with E-state index in [0.717, 1.165) is 6.42 Å². The Bertz CT molecular complexity index is 390. The van der Waals surface area contributed by atoms with Crippen LogP contribution in [0.3, 0.4) is 0 Å². The quantitative estimate of drug-likeness (QED) is 0.611. The Hall–Kier alpha value is -1.62. The van der Waals surface area contributed by atoms with E-state index in [1.165, 1.54) is 12.1 Å². The van der Waals surface area contributed by atoms with Crippen LogP contribution in [0.25, 0.3) is 0 Å². The third kappa shape index (κ3) is 4.03. The van der Waals surface area contributed by atoms with E-state index in [2.05, 4.69) is 13.8 Å². The minimum atomic E-state index is -0.496. The minimum absolute atomic E-state index is 0.0969. The highest BCUT2D eigenvalue weighted by Crippen LogP contribution is 2.28. The molecule has 0 spiro atoms. The van der Waals surface area contributed by atoms with E-state index in [4.69, 9.17) is 9.84 Å². The highest BCUT2D eigenvalue weighted by Gasteiger charge is 2.15. The Morgan fingerprint density at radius 1 is 1.47 bits per heavy atom. The molecule has 0 saturated carbocycles. The second-order valence-electron chi connectivity index (χ2n) is 4.25. The summed E-state index contributed by atoms with van der Waals surface area (Å²) in [6.07, 6.45) is 0.846. The number of aliphatic hydroxyl groups is 1. The zero-order valence-electron chi connectivity index (χ0n) is 10.0. The molecular weight excluding hydrogens is 222 g/mol. The van der Waals surface area contributed by atoms with Crippen molar-refractivity contribution >= 4 is 5.69 Å². The summed E-state index contributed by atoms with van der Waals surface area (Å²) in [5.41, 5.74) is 0.410. The van der Waals surface area contributed by atoms with Gasteiger partial charge in [0.05, 0.1) is 18.1 Å². The Balaban J connectivity index is 2.80. The van der Waals surface area contributed by atoms with Crippen molar-refractivity contribution in [3.63, 3.8) is 0 Å². The number of nitrogens with zero attached hydrogens (tertiary/aromatic N) is 1. The zero-order valence-corrected chi connectivity index (χ0v) is 10.0. The van der Waals surface area contributed by atoms with Gasteiger partial charge >= 0.3 is 5.69 Å². The van der Waals surface area contributed by atoms with Crippen LogP contribution in [0.2, 0.25) is 0 Å². The standard InChI is InChI=1S/C12H17NO4/c1-9(2)5-6-17-12-4-3-10(8-14)7-11(12)13(15)16/h3-4,7,9,14H,5-6,8H2,1-2H3. The summed E-state index contributed by atoms with van der Waals surface area (Å²) in [6, 6.07) is 4.49. The van der Waals surface area contributed by atoms with Crippen LogP contribution >= 0.6 is 0 Å². The fourth-order valence-electron chi connectivity index (χ4n) is 1.33. The minimum Gasteiger partial charge on any atom is -0.487 e. The third-order valence-corrected chi connectivity index (χ3v) is 2.36. The molecule has 1 aromatic rings. The van der Waals surface area contributed by atoms with Crippen LogP contribution in [0.5, 0.6) is 5.75 Å². The molecule has 1 aromatic carbocycles. The molecule has 94 valence electrons. The highest BCUT2D eigenvalue weighted by molar-refractivity contribution is 5.48. The number of benzene rings is 1. The lowest BCUT2D eigenvalue weighted by Crippen LogP contribution is -2.04. The van der Waals surface area contributed by atoms with Crippen molar-refractivity contribution in [1.82, 2.24) is 0 Å². The number of ether oxygens (including phenoxy) is 1. The van der Waals surface area contributed by atoms with Gasteiger partial charge in [0.2, 0.25) is 0 Å². The summed E-state index contributed by atoms with van der Waals surface area (Å²) < 4.78 is 5.39. The van der Waals surface area contributed by atoms with E-state index >= 15 is 0 Å². The van der Waals surface area contributed by atoms with Crippen LogP contribution in [-0.4, -0.2) is 16.6 Å². The summed E-state index contributed by atoms with van der Waals surface area (Å²) >= 11 is 0. The predicted octanol–water partition coefficient (Wildman–Crippen LogP) is 2.51. The summed E-state index contributed by atoms with van der Waals surface area (Å²) in [4.78, 5) is 10.3. The molecule has 0 fully saturated rings. The van der Waals surface area contributed by atoms with Gasteiger partial charge in [0, 0.05) is 6.07 Å². The van der Waals surface area contributed by atoms with E-state index in [9.17, 15) is 10.1 Å². The SMILES string of the molecule is CC(C)CCOc1ccc(CO)cc1[N+](=O)[O-]. The summed E-state index contributed by atoms with van der Waals surface area (Å²) in [5, 5.41) is 19.8. The third-order valence-electron chi connectivity index (χ3n) is 2.36. The van der Waals surface area contributed by atoms with Gasteiger partial charge in [0.15, 0.2) is 5.75 Å². The normalized spacial score (nSPS) is 10.6. The molecular formula is C12H17NO4. The first-order valence-corrected chi connectivity index (χ1v) is 5.55. The molecule has 0 aromatic heterocycles. The van der Waals surface area contributed by atoms with Gasteiger partial charge < -0.3 is 9.84 Å². The van der Waals surface area contributed by atoms with Crippen molar-refractivity contribution in [1.29, 1.82) is 0 Å². The van der Waals surface area contributed by atoms with Gasteiger partial charge in [0.1, 0.15) is 0 Å². The van der Waals surface area contributed by atoms with Crippen molar-refractivity contribution in [2.24, 2.45) is 5.92 Å². The Kier molecular flexibility index (Phi) is 4.90. The molecule has 0 saturated heterocycles. The molecule has 0 radical (unpaired) electrons. The van der Waals surface area contributed by atoms with Crippen molar-refractivity contribution in [2.75, 3.05) is 6.61 Å². The summed E-state index contributed by atoms with van der Waals surface area (Å²) in [6.45, 7) is 4.36. The van der Waals surface area contributed by atoms with Crippen molar-refractivity contribution in [3.8, 4) is 5.75 Å². The molecule has 0 aliphatic heterocycles. The number of nitro groups is 1. The van der Waals surface area contributed by atoms with Gasteiger partial charge in [-0.15, -0.1) is 0 Å². The number of hydrogen-bond acceptors (Lipinski definition) is 4. The molecule has 0 aliphatic carbocycles. The maximum atomic E-state index is 10.8. The molecule has 1 N–H and O–H groups in total. The average molecular weight is 239 g/mol. The highest BCUT2D eigenvalue weighted by atomic mass is 16.6. The van der Waals surface area contributed by atoms with Gasteiger partial charge in [-0.2, -0.15) is 0 Å². The van der Waals surface area contributed by atoms with Crippen molar-refractivity contribution in [2.45, 2.75) is 26.9 Å². The van der Waals surface area contributed by atoms with Crippen LogP contribution in [0, 0.1) is 16.0 Å². The largest absolute Gasteiger partial charge is 0.487 e. The molecule has 0 aliphatic rings. The van der Waals surface area contributed by atoms with Gasteiger partial charge in [-0.1, -0.05) is 19.9 Å². The fourth-order valence-corrected chi connectivity index (χ4v) is 1.33. The van der Waals surface area contributed by atoms with Crippen LogP contribution < -0.4 is 4.74 Å². The topological polar surface area (TPSA) is 72.6 Å². The van der Waals surface area contributed by atoms with Crippen LogP contribution in [-0.2, 0) is 6.61 Å². The second-order valence-corrected chi connectivity index (χ2v) is 4.25. The Labute approximate surface area is 100 Å². The van der Waals surface area contributed by atoms with Crippen LogP contribution in [0.4, 0.5) is 5.69 Å². The number of hydrogen-bond donors (Lipinski definition) is 1.